The van der Waals surface area contributed by atoms with E-state index in [4.69, 9.17) is 11.6 Å². The van der Waals surface area contributed by atoms with E-state index in [1.54, 1.807) is 6.07 Å². The number of nitrogens with one attached hydrogen (secondary N) is 2. The first-order valence-electron chi connectivity index (χ1n) is 6.78. The number of rotatable bonds is 5. The number of carbonyl (C=O) groups is 1. The average Bonchev–Trinajstić information content (AvgIpc) is 2.33. The lowest BCUT2D eigenvalue weighted by atomic mass is 10.0. The molecule has 0 bridgehead atoms. The third-order valence-corrected chi connectivity index (χ3v) is 3.74. The van der Waals surface area contributed by atoms with Gasteiger partial charge in [-0.3, -0.25) is 0 Å². The van der Waals surface area contributed by atoms with E-state index in [0.717, 1.165) is 5.56 Å². The molecule has 1 aromatic rings. The predicted molar refractivity (Wildman–Crippen MR) is 85.5 cm³/mol. The number of anilines is 1. The maximum absolute atomic E-state index is 11.9. The van der Waals surface area contributed by atoms with Crippen LogP contribution in [0, 0.1) is 12.8 Å². The van der Waals surface area contributed by atoms with E-state index < -0.39 is 0 Å². The second kappa shape index (κ2) is 7.50. The van der Waals surface area contributed by atoms with Crippen molar-refractivity contribution >= 4 is 23.3 Å². The van der Waals surface area contributed by atoms with Gasteiger partial charge in [-0.05, 0) is 44.6 Å². The minimum Gasteiger partial charge on any atom is -0.336 e. The third-order valence-electron chi connectivity index (χ3n) is 3.33. The van der Waals surface area contributed by atoms with Gasteiger partial charge in [0.15, 0.2) is 0 Å². The molecule has 0 saturated carbocycles. The molecule has 0 heterocycles. The number of aryl methyl sites for hydroxylation is 1. The number of amides is 2. The standard InChI is InChI=1S/C15H24ClN3O/c1-10(2)14(19(4)5)9-17-15(20)18-12-7-6-11(3)13(16)8-12/h6-8,10,14H,9H2,1-5H3,(H2,17,18,20)/t14-/m0/s1. The van der Waals surface area contributed by atoms with E-state index in [1.165, 1.54) is 0 Å². The van der Waals surface area contributed by atoms with Crippen LogP contribution in [0.5, 0.6) is 0 Å². The fourth-order valence-corrected chi connectivity index (χ4v) is 2.24. The summed E-state index contributed by atoms with van der Waals surface area (Å²) in [6, 6.07) is 5.57. The van der Waals surface area contributed by atoms with E-state index in [2.05, 4.69) is 29.4 Å². The molecule has 0 aliphatic heterocycles. The first-order valence-corrected chi connectivity index (χ1v) is 7.16. The number of benzene rings is 1. The van der Waals surface area contributed by atoms with Crippen LogP contribution in [-0.4, -0.2) is 37.6 Å². The monoisotopic (exact) mass is 297 g/mol. The maximum Gasteiger partial charge on any atom is 0.319 e. The summed E-state index contributed by atoms with van der Waals surface area (Å²) in [5.74, 6) is 0.471. The molecule has 5 heteroatoms. The number of urea groups is 1. The highest BCUT2D eigenvalue weighted by Crippen LogP contribution is 2.19. The van der Waals surface area contributed by atoms with Gasteiger partial charge in [-0.2, -0.15) is 0 Å². The van der Waals surface area contributed by atoms with Gasteiger partial charge in [-0.15, -0.1) is 0 Å². The molecule has 4 nitrogen and oxygen atoms in total. The minimum atomic E-state index is -0.211. The van der Waals surface area contributed by atoms with Gasteiger partial charge in [0.05, 0.1) is 0 Å². The fourth-order valence-electron chi connectivity index (χ4n) is 2.06. The molecule has 0 saturated heterocycles. The first kappa shape index (κ1) is 16.8. The van der Waals surface area contributed by atoms with Gasteiger partial charge >= 0.3 is 6.03 Å². The molecule has 0 aliphatic carbocycles. The molecule has 1 rings (SSSR count). The number of hydrogen-bond donors (Lipinski definition) is 2. The fraction of sp³-hybridized carbons (Fsp3) is 0.533. The Balaban J connectivity index is 2.53. The van der Waals surface area contributed by atoms with Crippen LogP contribution in [0.1, 0.15) is 19.4 Å². The van der Waals surface area contributed by atoms with E-state index in [9.17, 15) is 4.79 Å². The summed E-state index contributed by atoms with van der Waals surface area (Å²) in [7, 11) is 4.04. The number of hydrogen-bond acceptors (Lipinski definition) is 2. The zero-order valence-electron chi connectivity index (χ0n) is 12.8. The summed E-state index contributed by atoms with van der Waals surface area (Å²) < 4.78 is 0. The van der Waals surface area contributed by atoms with E-state index in [0.29, 0.717) is 29.2 Å². The van der Waals surface area contributed by atoms with Crippen molar-refractivity contribution in [3.05, 3.63) is 28.8 Å². The van der Waals surface area contributed by atoms with Gasteiger partial charge in [0.25, 0.3) is 0 Å². The number of halogens is 1. The first-order chi connectivity index (χ1) is 9.31. The molecule has 0 radical (unpaired) electrons. The van der Waals surface area contributed by atoms with Crippen LogP contribution in [0.4, 0.5) is 10.5 Å². The molecule has 112 valence electrons. The highest BCUT2D eigenvalue weighted by molar-refractivity contribution is 6.31. The third kappa shape index (κ3) is 5.02. The smallest absolute Gasteiger partial charge is 0.319 e. The number of carbonyl (C=O) groups excluding carboxylic acids is 1. The lowest BCUT2D eigenvalue weighted by Gasteiger charge is -2.28. The quantitative estimate of drug-likeness (QED) is 0.875. The zero-order chi connectivity index (χ0) is 15.3. The van der Waals surface area contributed by atoms with Crippen molar-refractivity contribution in [1.82, 2.24) is 10.2 Å². The second-order valence-corrected chi connectivity index (χ2v) is 5.98. The molecule has 0 unspecified atom stereocenters. The molecule has 2 amide bonds. The molecule has 2 N–H and O–H groups in total. The minimum absolute atomic E-state index is 0.211. The molecule has 0 aliphatic rings. The van der Waals surface area contributed by atoms with E-state index >= 15 is 0 Å². The summed E-state index contributed by atoms with van der Waals surface area (Å²) >= 11 is 6.03. The summed E-state index contributed by atoms with van der Waals surface area (Å²) in [6.45, 7) is 6.82. The van der Waals surface area contributed by atoms with Crippen molar-refractivity contribution < 1.29 is 4.79 Å². The van der Waals surface area contributed by atoms with Crippen LogP contribution >= 0.6 is 11.6 Å². The van der Waals surface area contributed by atoms with Crippen molar-refractivity contribution in [3.8, 4) is 0 Å². The lowest BCUT2D eigenvalue weighted by Crippen LogP contribution is -2.44. The molecule has 0 aromatic heterocycles. The van der Waals surface area contributed by atoms with E-state index in [1.807, 2.05) is 33.2 Å². The Hall–Kier alpha value is -1.26. The van der Waals surface area contributed by atoms with Gasteiger partial charge in [0.2, 0.25) is 0 Å². The SMILES string of the molecule is Cc1ccc(NC(=O)NC[C@@H](C(C)C)N(C)C)cc1Cl. The summed E-state index contributed by atoms with van der Waals surface area (Å²) in [4.78, 5) is 14.0. The van der Waals surface area contributed by atoms with Crippen molar-refractivity contribution in [2.45, 2.75) is 26.8 Å². The van der Waals surface area contributed by atoms with Gasteiger partial charge in [-0.25, -0.2) is 4.79 Å². The molecule has 0 spiro atoms. The Labute approximate surface area is 126 Å². The maximum atomic E-state index is 11.9. The Kier molecular flexibility index (Phi) is 6.30. The lowest BCUT2D eigenvalue weighted by molar-refractivity contribution is 0.218. The van der Waals surface area contributed by atoms with Crippen molar-refractivity contribution in [2.24, 2.45) is 5.92 Å². The van der Waals surface area contributed by atoms with E-state index in [-0.39, 0.29) is 6.03 Å². The Morgan fingerprint density at radius 2 is 2.00 bits per heavy atom. The van der Waals surface area contributed by atoms with Gasteiger partial charge in [0, 0.05) is 23.3 Å². The number of likely N-dealkylation sites (N-methyl/N-ethyl adjacent to an activating group) is 1. The van der Waals surface area contributed by atoms with Crippen LogP contribution < -0.4 is 10.6 Å². The Bertz CT molecular complexity index is 452. The van der Waals surface area contributed by atoms with Gasteiger partial charge < -0.3 is 15.5 Å². The zero-order valence-corrected chi connectivity index (χ0v) is 13.6. The molecule has 0 fully saturated rings. The molecule has 20 heavy (non-hydrogen) atoms. The summed E-state index contributed by atoms with van der Waals surface area (Å²) in [5.41, 5.74) is 1.69. The van der Waals surface area contributed by atoms with Crippen molar-refractivity contribution in [3.63, 3.8) is 0 Å². The van der Waals surface area contributed by atoms with Crippen LogP contribution in [0.2, 0.25) is 5.02 Å². The van der Waals surface area contributed by atoms with Gasteiger partial charge in [-0.1, -0.05) is 31.5 Å². The van der Waals surface area contributed by atoms with Crippen LogP contribution in [-0.2, 0) is 0 Å². The molecular weight excluding hydrogens is 274 g/mol. The highest BCUT2D eigenvalue weighted by Gasteiger charge is 2.16. The summed E-state index contributed by atoms with van der Waals surface area (Å²) in [6.07, 6.45) is 0. The Morgan fingerprint density at radius 3 is 2.50 bits per heavy atom. The van der Waals surface area contributed by atoms with Crippen LogP contribution in [0.3, 0.4) is 0 Å². The largest absolute Gasteiger partial charge is 0.336 e. The van der Waals surface area contributed by atoms with Crippen LogP contribution in [0.25, 0.3) is 0 Å². The van der Waals surface area contributed by atoms with Gasteiger partial charge in [0.1, 0.15) is 0 Å². The van der Waals surface area contributed by atoms with Crippen LogP contribution in [0.15, 0.2) is 18.2 Å². The predicted octanol–water partition coefficient (Wildman–Crippen LogP) is 3.36. The van der Waals surface area contributed by atoms with Crippen molar-refractivity contribution in [2.75, 3.05) is 26.0 Å². The average molecular weight is 298 g/mol. The second-order valence-electron chi connectivity index (χ2n) is 5.57. The molecule has 1 aromatic carbocycles. The highest BCUT2D eigenvalue weighted by atomic mass is 35.5. The topological polar surface area (TPSA) is 44.4 Å². The Morgan fingerprint density at radius 1 is 1.35 bits per heavy atom. The normalized spacial score (nSPS) is 12.6. The van der Waals surface area contributed by atoms with Crippen molar-refractivity contribution in [1.29, 1.82) is 0 Å². The molecular formula is C15H24ClN3O. The summed E-state index contributed by atoms with van der Waals surface area (Å²) in [5, 5.41) is 6.33. The number of nitrogens with zero attached hydrogens (tertiary/aromatic N) is 1. The molecule has 1 atom stereocenters.